The highest BCUT2D eigenvalue weighted by molar-refractivity contribution is 5.96. The Morgan fingerprint density at radius 2 is 2.19 bits per heavy atom. The van der Waals surface area contributed by atoms with Crippen LogP contribution in [0.2, 0.25) is 0 Å². The third-order valence-corrected chi connectivity index (χ3v) is 3.21. The quantitative estimate of drug-likeness (QED) is 0.787. The molecule has 0 fully saturated rings. The van der Waals surface area contributed by atoms with E-state index in [9.17, 15) is 9.18 Å². The van der Waals surface area contributed by atoms with Gasteiger partial charge in [0.1, 0.15) is 11.6 Å². The van der Waals surface area contributed by atoms with Gasteiger partial charge in [-0.25, -0.2) is 14.2 Å². The third-order valence-electron chi connectivity index (χ3n) is 3.21. The number of aryl methyl sites for hydroxylation is 1. The number of benzene rings is 1. The van der Waals surface area contributed by atoms with E-state index in [4.69, 9.17) is 10.8 Å². The summed E-state index contributed by atoms with van der Waals surface area (Å²) in [6.07, 6.45) is 2.05. The Kier molecular flexibility index (Phi) is 4.37. The van der Waals surface area contributed by atoms with Crippen LogP contribution in [0.1, 0.15) is 21.5 Å². The summed E-state index contributed by atoms with van der Waals surface area (Å²) in [6, 6.07) is 5.98. The molecule has 2 rings (SSSR count). The SMILES string of the molecule is Cc1cc(F)ccc1CCNc1nccc(C(=O)O)c1N. The molecule has 0 amide bonds. The largest absolute Gasteiger partial charge is 0.478 e. The van der Waals surface area contributed by atoms with Gasteiger partial charge in [0.15, 0.2) is 0 Å². The topological polar surface area (TPSA) is 88.2 Å². The van der Waals surface area contributed by atoms with Gasteiger partial charge in [0.05, 0.1) is 11.3 Å². The van der Waals surface area contributed by atoms with Gasteiger partial charge in [-0.2, -0.15) is 0 Å². The molecule has 0 unspecified atom stereocenters. The van der Waals surface area contributed by atoms with E-state index in [1.165, 1.54) is 24.4 Å². The van der Waals surface area contributed by atoms with Crippen LogP contribution in [0.15, 0.2) is 30.5 Å². The van der Waals surface area contributed by atoms with Gasteiger partial charge in [0, 0.05) is 12.7 Å². The lowest BCUT2D eigenvalue weighted by Gasteiger charge is -2.11. The van der Waals surface area contributed by atoms with Crippen LogP contribution in [0, 0.1) is 12.7 Å². The van der Waals surface area contributed by atoms with Crippen molar-refractivity contribution in [2.24, 2.45) is 0 Å². The van der Waals surface area contributed by atoms with Gasteiger partial charge in [-0.05, 0) is 42.7 Å². The Hall–Kier alpha value is -2.63. The van der Waals surface area contributed by atoms with Crippen molar-refractivity contribution < 1.29 is 14.3 Å². The minimum atomic E-state index is -1.09. The third kappa shape index (κ3) is 3.47. The number of aromatic nitrogens is 1. The molecule has 0 atom stereocenters. The summed E-state index contributed by atoms with van der Waals surface area (Å²) < 4.78 is 13.0. The van der Waals surface area contributed by atoms with Gasteiger partial charge in [-0.15, -0.1) is 0 Å². The van der Waals surface area contributed by atoms with Crippen molar-refractivity contribution in [1.82, 2.24) is 4.98 Å². The minimum Gasteiger partial charge on any atom is -0.478 e. The molecule has 1 aromatic heterocycles. The molecule has 2 aromatic rings. The van der Waals surface area contributed by atoms with E-state index in [0.29, 0.717) is 18.8 Å². The molecule has 5 nitrogen and oxygen atoms in total. The van der Waals surface area contributed by atoms with Gasteiger partial charge in [0.25, 0.3) is 0 Å². The maximum Gasteiger partial charge on any atom is 0.337 e. The summed E-state index contributed by atoms with van der Waals surface area (Å²) in [5, 5.41) is 12.0. The summed E-state index contributed by atoms with van der Waals surface area (Å²) in [6.45, 7) is 2.36. The fourth-order valence-corrected chi connectivity index (χ4v) is 2.06. The number of carboxylic acid groups (broad SMARTS) is 1. The van der Waals surface area contributed by atoms with Gasteiger partial charge < -0.3 is 16.2 Å². The zero-order valence-corrected chi connectivity index (χ0v) is 11.6. The van der Waals surface area contributed by atoms with Crippen molar-refractivity contribution in [1.29, 1.82) is 0 Å². The highest BCUT2D eigenvalue weighted by atomic mass is 19.1. The summed E-state index contributed by atoms with van der Waals surface area (Å²) in [5.41, 5.74) is 7.77. The number of hydrogen-bond acceptors (Lipinski definition) is 4. The van der Waals surface area contributed by atoms with Crippen molar-refractivity contribution >= 4 is 17.5 Å². The lowest BCUT2D eigenvalue weighted by Crippen LogP contribution is -2.12. The monoisotopic (exact) mass is 289 g/mol. The highest BCUT2D eigenvalue weighted by Crippen LogP contribution is 2.20. The predicted molar refractivity (Wildman–Crippen MR) is 78.9 cm³/mol. The number of carboxylic acids is 1. The molecule has 0 aliphatic carbocycles. The van der Waals surface area contributed by atoms with Crippen molar-refractivity contribution in [3.8, 4) is 0 Å². The Morgan fingerprint density at radius 1 is 1.43 bits per heavy atom. The van der Waals surface area contributed by atoms with Gasteiger partial charge >= 0.3 is 5.97 Å². The van der Waals surface area contributed by atoms with E-state index in [-0.39, 0.29) is 17.1 Å². The summed E-state index contributed by atoms with van der Waals surface area (Å²) >= 11 is 0. The van der Waals surface area contributed by atoms with Gasteiger partial charge in [-0.1, -0.05) is 6.07 Å². The first-order valence-corrected chi connectivity index (χ1v) is 6.45. The first-order valence-electron chi connectivity index (χ1n) is 6.45. The fraction of sp³-hybridized carbons (Fsp3) is 0.200. The van der Waals surface area contributed by atoms with E-state index >= 15 is 0 Å². The Morgan fingerprint density at radius 3 is 2.86 bits per heavy atom. The molecular weight excluding hydrogens is 273 g/mol. The highest BCUT2D eigenvalue weighted by Gasteiger charge is 2.11. The second kappa shape index (κ2) is 6.21. The van der Waals surface area contributed by atoms with Crippen molar-refractivity contribution in [2.75, 3.05) is 17.6 Å². The zero-order chi connectivity index (χ0) is 15.4. The molecule has 0 bridgehead atoms. The molecule has 0 spiro atoms. The Balaban J connectivity index is 2.04. The second-order valence-corrected chi connectivity index (χ2v) is 4.67. The number of nitrogens with two attached hydrogens (primary N) is 1. The molecular formula is C15H16FN3O2. The van der Waals surface area contributed by atoms with Crippen LogP contribution in [0.4, 0.5) is 15.9 Å². The zero-order valence-electron chi connectivity index (χ0n) is 11.6. The molecule has 0 aliphatic heterocycles. The number of pyridine rings is 1. The Labute approximate surface area is 121 Å². The number of anilines is 2. The minimum absolute atomic E-state index is 0.0189. The van der Waals surface area contributed by atoms with Crippen LogP contribution in [0.3, 0.4) is 0 Å². The maximum absolute atomic E-state index is 13.0. The lowest BCUT2D eigenvalue weighted by atomic mass is 10.1. The van der Waals surface area contributed by atoms with Crippen LogP contribution < -0.4 is 11.1 Å². The van der Waals surface area contributed by atoms with Crippen LogP contribution in [0.25, 0.3) is 0 Å². The molecule has 21 heavy (non-hydrogen) atoms. The number of halogens is 1. The smallest absolute Gasteiger partial charge is 0.337 e. The molecule has 0 aliphatic rings. The number of carbonyl (C=O) groups is 1. The number of aromatic carboxylic acids is 1. The fourth-order valence-electron chi connectivity index (χ4n) is 2.06. The van der Waals surface area contributed by atoms with E-state index in [1.807, 2.05) is 6.92 Å². The van der Waals surface area contributed by atoms with Crippen LogP contribution in [0.5, 0.6) is 0 Å². The molecule has 0 radical (unpaired) electrons. The molecule has 110 valence electrons. The van der Waals surface area contributed by atoms with E-state index in [0.717, 1.165) is 11.1 Å². The second-order valence-electron chi connectivity index (χ2n) is 4.67. The predicted octanol–water partition coefficient (Wildman–Crippen LogP) is 2.46. The standard InChI is InChI=1S/C15H16FN3O2/c1-9-8-11(16)3-2-10(9)4-6-18-14-13(17)12(15(20)21)5-7-19-14/h2-3,5,7-8H,4,6,17H2,1H3,(H,18,19)(H,20,21). The van der Waals surface area contributed by atoms with Crippen molar-refractivity contribution in [3.63, 3.8) is 0 Å². The van der Waals surface area contributed by atoms with Crippen LogP contribution in [-0.4, -0.2) is 22.6 Å². The number of rotatable bonds is 5. The van der Waals surface area contributed by atoms with E-state index in [1.54, 1.807) is 6.07 Å². The number of hydrogen-bond donors (Lipinski definition) is 3. The van der Waals surface area contributed by atoms with Gasteiger partial charge in [0.2, 0.25) is 0 Å². The molecule has 1 aromatic carbocycles. The van der Waals surface area contributed by atoms with Gasteiger partial charge in [-0.3, -0.25) is 0 Å². The molecule has 1 heterocycles. The number of nitrogens with zero attached hydrogens (tertiary/aromatic N) is 1. The Bertz CT molecular complexity index is 674. The van der Waals surface area contributed by atoms with Crippen LogP contribution >= 0.6 is 0 Å². The summed E-state index contributed by atoms with van der Waals surface area (Å²) in [7, 11) is 0. The average Bonchev–Trinajstić information content (AvgIpc) is 2.42. The first-order chi connectivity index (χ1) is 9.99. The molecule has 0 saturated carbocycles. The number of nitrogen functional groups attached to an aromatic ring is 1. The van der Waals surface area contributed by atoms with E-state index < -0.39 is 5.97 Å². The van der Waals surface area contributed by atoms with Crippen molar-refractivity contribution in [3.05, 3.63) is 53.0 Å². The molecule has 4 N–H and O–H groups in total. The maximum atomic E-state index is 13.0. The summed E-state index contributed by atoms with van der Waals surface area (Å²) in [5.74, 6) is -1.01. The first kappa shape index (κ1) is 14.8. The molecule has 6 heteroatoms. The van der Waals surface area contributed by atoms with Crippen LogP contribution in [-0.2, 0) is 6.42 Å². The number of nitrogens with one attached hydrogen (secondary N) is 1. The summed E-state index contributed by atoms with van der Waals surface area (Å²) in [4.78, 5) is 15.0. The normalized spacial score (nSPS) is 10.4. The van der Waals surface area contributed by atoms with Crippen molar-refractivity contribution in [2.45, 2.75) is 13.3 Å². The van der Waals surface area contributed by atoms with E-state index in [2.05, 4.69) is 10.3 Å². The molecule has 0 saturated heterocycles. The lowest BCUT2D eigenvalue weighted by molar-refractivity contribution is 0.0698. The average molecular weight is 289 g/mol.